The zero-order valence-corrected chi connectivity index (χ0v) is 9.56. The first-order valence-corrected chi connectivity index (χ1v) is 5.03. The smallest absolute Gasteiger partial charge is 0.309 e. The molecule has 0 bridgehead atoms. The third-order valence-electron chi connectivity index (χ3n) is 2.03. The predicted octanol–water partition coefficient (Wildman–Crippen LogP) is 1.43. The highest BCUT2D eigenvalue weighted by Gasteiger charge is 2.03. The fourth-order valence-corrected chi connectivity index (χ4v) is 1.23. The molecule has 0 aliphatic rings. The molecule has 0 spiro atoms. The fourth-order valence-electron chi connectivity index (χ4n) is 1.23. The summed E-state index contributed by atoms with van der Waals surface area (Å²) in [5, 5.41) is 0. The van der Waals surface area contributed by atoms with Crippen LogP contribution in [0, 0.1) is 0 Å². The van der Waals surface area contributed by atoms with Crippen molar-refractivity contribution in [2.45, 2.75) is 6.42 Å². The highest BCUT2D eigenvalue weighted by atomic mass is 16.5. The van der Waals surface area contributed by atoms with Crippen molar-refractivity contribution >= 4 is 5.97 Å². The van der Waals surface area contributed by atoms with Crippen LogP contribution in [0.4, 0.5) is 0 Å². The normalized spacial score (nSPS) is 9.88. The summed E-state index contributed by atoms with van der Waals surface area (Å²) in [5.74, 6) is 0.479. The van der Waals surface area contributed by atoms with Crippen molar-refractivity contribution in [2.24, 2.45) is 0 Å². The Labute approximate surface area is 95.1 Å². The van der Waals surface area contributed by atoms with Gasteiger partial charge in [-0.1, -0.05) is 12.1 Å². The molecule has 0 aliphatic carbocycles. The predicted molar refractivity (Wildman–Crippen MR) is 59.5 cm³/mol. The molecule has 0 atom stereocenters. The summed E-state index contributed by atoms with van der Waals surface area (Å²) < 4.78 is 14.9. The van der Waals surface area contributed by atoms with Crippen LogP contribution in [-0.4, -0.2) is 33.4 Å². The Bertz CT molecular complexity index is 336. The largest absolute Gasteiger partial charge is 0.491 e. The van der Waals surface area contributed by atoms with Gasteiger partial charge in [0.05, 0.1) is 20.1 Å². The molecule has 4 nitrogen and oxygen atoms in total. The molecule has 0 fully saturated rings. The van der Waals surface area contributed by atoms with Gasteiger partial charge >= 0.3 is 5.97 Å². The number of ether oxygens (including phenoxy) is 3. The van der Waals surface area contributed by atoms with Gasteiger partial charge in [0, 0.05) is 7.11 Å². The van der Waals surface area contributed by atoms with Crippen molar-refractivity contribution in [1.29, 1.82) is 0 Å². The molecule has 16 heavy (non-hydrogen) atoms. The van der Waals surface area contributed by atoms with Crippen LogP contribution in [0.3, 0.4) is 0 Å². The number of esters is 1. The minimum absolute atomic E-state index is 0.256. The van der Waals surface area contributed by atoms with E-state index in [1.807, 2.05) is 24.3 Å². The van der Waals surface area contributed by atoms with E-state index in [1.165, 1.54) is 7.11 Å². The van der Waals surface area contributed by atoms with Gasteiger partial charge in [-0.25, -0.2) is 0 Å². The van der Waals surface area contributed by atoms with E-state index in [2.05, 4.69) is 4.74 Å². The van der Waals surface area contributed by atoms with Crippen LogP contribution < -0.4 is 4.74 Å². The van der Waals surface area contributed by atoms with Gasteiger partial charge in [-0.05, 0) is 17.7 Å². The van der Waals surface area contributed by atoms with Crippen LogP contribution >= 0.6 is 0 Å². The van der Waals surface area contributed by atoms with Gasteiger partial charge in [0.25, 0.3) is 0 Å². The van der Waals surface area contributed by atoms with Gasteiger partial charge in [0.2, 0.25) is 0 Å². The monoisotopic (exact) mass is 224 g/mol. The van der Waals surface area contributed by atoms with Crippen LogP contribution in [0.5, 0.6) is 5.75 Å². The van der Waals surface area contributed by atoms with Crippen LogP contribution in [0.25, 0.3) is 0 Å². The third-order valence-corrected chi connectivity index (χ3v) is 2.03. The molecule has 88 valence electrons. The van der Waals surface area contributed by atoms with E-state index < -0.39 is 0 Å². The molecule has 4 heteroatoms. The first-order chi connectivity index (χ1) is 7.76. The molecule has 0 amide bonds. The number of rotatable bonds is 6. The average molecular weight is 224 g/mol. The zero-order chi connectivity index (χ0) is 11.8. The quantitative estimate of drug-likeness (QED) is 0.541. The second-order valence-corrected chi connectivity index (χ2v) is 3.24. The molecular weight excluding hydrogens is 208 g/mol. The summed E-state index contributed by atoms with van der Waals surface area (Å²) in [6, 6.07) is 7.38. The highest BCUT2D eigenvalue weighted by Crippen LogP contribution is 2.13. The SMILES string of the molecule is COCCOc1cccc(CC(=O)OC)c1. The summed E-state index contributed by atoms with van der Waals surface area (Å²) in [4.78, 5) is 11.1. The van der Waals surface area contributed by atoms with Crippen molar-refractivity contribution in [1.82, 2.24) is 0 Å². The number of benzene rings is 1. The molecule has 0 N–H and O–H groups in total. The average Bonchev–Trinajstić information content (AvgIpc) is 2.30. The minimum atomic E-state index is -0.256. The summed E-state index contributed by atoms with van der Waals surface area (Å²) in [6.45, 7) is 1.04. The van der Waals surface area contributed by atoms with Gasteiger partial charge in [-0.15, -0.1) is 0 Å². The molecule has 0 radical (unpaired) electrons. The molecule has 0 saturated carbocycles. The molecular formula is C12H16O4. The van der Waals surface area contributed by atoms with Gasteiger partial charge in [0.1, 0.15) is 12.4 Å². The maximum atomic E-state index is 11.1. The van der Waals surface area contributed by atoms with E-state index in [9.17, 15) is 4.79 Å². The van der Waals surface area contributed by atoms with Gasteiger partial charge in [-0.3, -0.25) is 4.79 Å². The lowest BCUT2D eigenvalue weighted by Crippen LogP contribution is -2.06. The van der Waals surface area contributed by atoms with E-state index in [0.29, 0.717) is 13.2 Å². The number of carbonyl (C=O) groups excluding carboxylic acids is 1. The van der Waals surface area contributed by atoms with E-state index in [4.69, 9.17) is 9.47 Å². The molecule has 1 aromatic carbocycles. The van der Waals surface area contributed by atoms with Crippen molar-refractivity contribution < 1.29 is 19.0 Å². The van der Waals surface area contributed by atoms with Crippen LogP contribution in [0.1, 0.15) is 5.56 Å². The van der Waals surface area contributed by atoms with E-state index in [-0.39, 0.29) is 12.4 Å². The van der Waals surface area contributed by atoms with Gasteiger partial charge in [-0.2, -0.15) is 0 Å². The van der Waals surface area contributed by atoms with Crippen molar-refractivity contribution in [3.63, 3.8) is 0 Å². The number of hydrogen-bond acceptors (Lipinski definition) is 4. The summed E-state index contributed by atoms with van der Waals surface area (Å²) in [6.07, 6.45) is 0.262. The Hall–Kier alpha value is -1.55. The highest BCUT2D eigenvalue weighted by molar-refractivity contribution is 5.72. The van der Waals surface area contributed by atoms with Crippen LogP contribution in [0.2, 0.25) is 0 Å². The zero-order valence-electron chi connectivity index (χ0n) is 9.56. The van der Waals surface area contributed by atoms with Crippen molar-refractivity contribution in [3.05, 3.63) is 29.8 Å². The first-order valence-electron chi connectivity index (χ1n) is 5.03. The molecule has 0 aliphatic heterocycles. The van der Waals surface area contributed by atoms with E-state index in [0.717, 1.165) is 11.3 Å². The van der Waals surface area contributed by atoms with E-state index in [1.54, 1.807) is 7.11 Å². The Morgan fingerprint density at radius 2 is 2.06 bits per heavy atom. The summed E-state index contributed by atoms with van der Waals surface area (Å²) in [7, 11) is 3.00. The molecule has 1 rings (SSSR count). The van der Waals surface area contributed by atoms with E-state index >= 15 is 0 Å². The number of hydrogen-bond donors (Lipinski definition) is 0. The lowest BCUT2D eigenvalue weighted by molar-refractivity contribution is -0.139. The molecule has 0 unspecified atom stereocenters. The molecule has 0 aromatic heterocycles. The lowest BCUT2D eigenvalue weighted by atomic mass is 10.1. The molecule has 0 heterocycles. The third kappa shape index (κ3) is 4.31. The summed E-state index contributed by atoms with van der Waals surface area (Å²) >= 11 is 0. The number of methoxy groups -OCH3 is 2. The van der Waals surface area contributed by atoms with Crippen LogP contribution in [0.15, 0.2) is 24.3 Å². The maximum absolute atomic E-state index is 11.1. The lowest BCUT2D eigenvalue weighted by Gasteiger charge is -2.07. The first kappa shape index (κ1) is 12.5. The van der Waals surface area contributed by atoms with Gasteiger partial charge in [0.15, 0.2) is 0 Å². The second-order valence-electron chi connectivity index (χ2n) is 3.24. The number of carbonyl (C=O) groups is 1. The Kier molecular flexibility index (Phi) is 5.36. The summed E-state index contributed by atoms with van der Waals surface area (Å²) in [5.41, 5.74) is 0.877. The standard InChI is InChI=1S/C12H16O4/c1-14-6-7-16-11-5-3-4-10(8-11)9-12(13)15-2/h3-5,8H,6-7,9H2,1-2H3. The Balaban J connectivity index is 2.53. The van der Waals surface area contributed by atoms with Crippen molar-refractivity contribution in [3.8, 4) is 5.75 Å². The van der Waals surface area contributed by atoms with Gasteiger partial charge < -0.3 is 14.2 Å². The topological polar surface area (TPSA) is 44.8 Å². The fraction of sp³-hybridized carbons (Fsp3) is 0.417. The molecule has 0 saturated heterocycles. The van der Waals surface area contributed by atoms with Crippen molar-refractivity contribution in [2.75, 3.05) is 27.4 Å². The molecule has 1 aromatic rings. The second kappa shape index (κ2) is 6.85. The van der Waals surface area contributed by atoms with Crippen LogP contribution in [-0.2, 0) is 20.7 Å². The Morgan fingerprint density at radius 3 is 2.75 bits per heavy atom. The minimum Gasteiger partial charge on any atom is -0.491 e. The maximum Gasteiger partial charge on any atom is 0.309 e. The Morgan fingerprint density at radius 1 is 1.25 bits per heavy atom.